The second-order valence-electron chi connectivity index (χ2n) is 14.6. The molecule has 1 saturated heterocycles. The Hall–Kier alpha value is -1.93. The third-order valence-electron chi connectivity index (χ3n) is 9.18. The Morgan fingerprint density at radius 1 is 0.889 bits per heavy atom. The molecule has 1 aliphatic heterocycles. The Morgan fingerprint density at radius 3 is 2.20 bits per heavy atom. The van der Waals surface area contributed by atoms with Gasteiger partial charge in [-0.2, -0.15) is 0 Å². The fourth-order valence-electron chi connectivity index (χ4n) is 6.13. The highest BCUT2D eigenvalue weighted by molar-refractivity contribution is 5.82. The van der Waals surface area contributed by atoms with Gasteiger partial charge < -0.3 is 24.8 Å². The highest BCUT2D eigenvalue weighted by atomic mass is 16.7. The fourth-order valence-corrected chi connectivity index (χ4v) is 6.13. The fraction of sp³-hybridized carbons (Fsp3) is 0.865. The summed E-state index contributed by atoms with van der Waals surface area (Å²) in [7, 11) is 0. The predicted molar refractivity (Wildman–Crippen MR) is 181 cm³/mol. The molecule has 2 fully saturated rings. The minimum Gasteiger partial charge on any atom is -0.460 e. The molecule has 260 valence electrons. The van der Waals surface area contributed by atoms with Crippen molar-refractivity contribution in [3.8, 4) is 0 Å². The number of hydrogen-bond acceptors (Lipinski definition) is 6. The number of ether oxygens (including phenoxy) is 3. The highest BCUT2D eigenvalue weighted by Gasteiger charge is 2.45. The number of allylic oxidation sites excluding steroid dienone is 2. The molecule has 0 aromatic carbocycles. The van der Waals surface area contributed by atoms with Crippen LogP contribution in [0.1, 0.15) is 157 Å². The third-order valence-corrected chi connectivity index (χ3v) is 9.18. The average molecular weight is 635 g/mol. The SMILES string of the molecule is CCCCCCCCC=CCCCCCCC(C)C(=O)N[C@H]1CCCC[C@@H]1OC(=O)CCNC(=O)C1OC(C)(C)OCC1(C)C. The van der Waals surface area contributed by atoms with Gasteiger partial charge in [0.1, 0.15) is 12.2 Å². The maximum absolute atomic E-state index is 13.0. The van der Waals surface area contributed by atoms with Crippen LogP contribution in [0.15, 0.2) is 12.2 Å². The van der Waals surface area contributed by atoms with E-state index in [9.17, 15) is 14.4 Å². The van der Waals surface area contributed by atoms with Crippen molar-refractivity contribution in [2.75, 3.05) is 13.2 Å². The number of carbonyl (C=O) groups excluding carboxylic acids is 3. The third kappa shape index (κ3) is 16.0. The molecule has 1 saturated carbocycles. The summed E-state index contributed by atoms with van der Waals surface area (Å²) < 4.78 is 17.4. The standard InChI is InChI=1S/C37H66N2O6/c1-7-8-9-10-11-12-13-14-15-16-17-18-19-20-23-29(2)34(41)39-30-24-21-22-25-31(30)44-32(40)26-27-38-35(42)33-36(3,4)28-43-37(5,6)45-33/h14-15,29-31,33H,7-13,16-28H2,1-6H3,(H,38,42)(H,39,41)/t29?,30-,31-,33?/m0/s1. The minimum absolute atomic E-state index is 0.0508. The van der Waals surface area contributed by atoms with Crippen molar-refractivity contribution in [3.63, 3.8) is 0 Å². The van der Waals surface area contributed by atoms with Crippen molar-refractivity contribution >= 4 is 17.8 Å². The number of amides is 2. The highest BCUT2D eigenvalue weighted by Crippen LogP contribution is 2.35. The molecule has 0 bridgehead atoms. The normalized spacial score (nSPS) is 23.4. The Kier molecular flexibility index (Phi) is 18.4. The van der Waals surface area contributed by atoms with Gasteiger partial charge in [-0.25, -0.2) is 0 Å². The summed E-state index contributed by atoms with van der Waals surface area (Å²) in [6.45, 7) is 12.3. The zero-order valence-corrected chi connectivity index (χ0v) is 29.6. The lowest BCUT2D eigenvalue weighted by atomic mass is 9.85. The Labute approximate surface area is 274 Å². The molecule has 2 N–H and O–H groups in total. The van der Waals surface area contributed by atoms with E-state index < -0.39 is 17.3 Å². The van der Waals surface area contributed by atoms with Crippen LogP contribution < -0.4 is 10.6 Å². The van der Waals surface area contributed by atoms with Crippen molar-refractivity contribution in [1.29, 1.82) is 0 Å². The van der Waals surface area contributed by atoms with E-state index in [-0.39, 0.29) is 48.8 Å². The number of hydrogen-bond donors (Lipinski definition) is 2. The van der Waals surface area contributed by atoms with Crippen LogP contribution in [0.5, 0.6) is 0 Å². The summed E-state index contributed by atoms with van der Waals surface area (Å²) in [5, 5.41) is 6.02. The zero-order chi connectivity index (χ0) is 33.1. The number of esters is 1. The molecule has 8 nitrogen and oxygen atoms in total. The molecular formula is C37H66N2O6. The van der Waals surface area contributed by atoms with Crippen molar-refractivity contribution in [3.05, 3.63) is 12.2 Å². The lowest BCUT2D eigenvalue weighted by Gasteiger charge is -2.44. The molecule has 2 amide bonds. The lowest BCUT2D eigenvalue weighted by molar-refractivity contribution is -0.304. The first-order chi connectivity index (χ1) is 21.4. The maximum atomic E-state index is 13.0. The summed E-state index contributed by atoms with van der Waals surface area (Å²) >= 11 is 0. The van der Waals surface area contributed by atoms with E-state index in [0.29, 0.717) is 6.61 Å². The topological polar surface area (TPSA) is 103 Å². The smallest absolute Gasteiger partial charge is 0.307 e. The van der Waals surface area contributed by atoms with Gasteiger partial charge in [-0.3, -0.25) is 14.4 Å². The van der Waals surface area contributed by atoms with E-state index in [2.05, 4.69) is 29.7 Å². The van der Waals surface area contributed by atoms with E-state index >= 15 is 0 Å². The second kappa shape index (κ2) is 21.0. The summed E-state index contributed by atoms with van der Waals surface area (Å²) in [6, 6.07) is -0.158. The molecule has 0 aromatic heterocycles. The van der Waals surface area contributed by atoms with Crippen LogP contribution >= 0.6 is 0 Å². The largest absolute Gasteiger partial charge is 0.460 e. The van der Waals surface area contributed by atoms with Gasteiger partial charge in [-0.15, -0.1) is 0 Å². The molecule has 0 aromatic rings. The van der Waals surface area contributed by atoms with Crippen molar-refractivity contribution in [2.45, 2.75) is 181 Å². The van der Waals surface area contributed by atoms with Crippen molar-refractivity contribution in [1.82, 2.24) is 10.6 Å². The molecule has 0 spiro atoms. The van der Waals surface area contributed by atoms with Crippen LogP contribution in [0.25, 0.3) is 0 Å². The Balaban J connectivity index is 1.60. The lowest BCUT2D eigenvalue weighted by Crippen LogP contribution is -2.56. The first kappa shape index (κ1) is 39.2. The number of nitrogens with one attached hydrogen (secondary N) is 2. The Morgan fingerprint density at radius 2 is 1.51 bits per heavy atom. The van der Waals surface area contributed by atoms with Gasteiger partial charge in [0, 0.05) is 17.9 Å². The van der Waals surface area contributed by atoms with Gasteiger partial charge in [0.05, 0.1) is 19.1 Å². The second-order valence-corrected chi connectivity index (χ2v) is 14.6. The zero-order valence-electron chi connectivity index (χ0n) is 29.6. The van der Waals surface area contributed by atoms with Gasteiger partial charge in [0.25, 0.3) is 0 Å². The predicted octanol–water partition coefficient (Wildman–Crippen LogP) is 7.92. The van der Waals surface area contributed by atoms with E-state index in [4.69, 9.17) is 14.2 Å². The molecule has 4 atom stereocenters. The van der Waals surface area contributed by atoms with Crippen LogP contribution in [0.2, 0.25) is 0 Å². The van der Waals surface area contributed by atoms with Gasteiger partial charge in [0.2, 0.25) is 11.8 Å². The van der Waals surface area contributed by atoms with Gasteiger partial charge in [-0.1, -0.05) is 97.6 Å². The van der Waals surface area contributed by atoms with Crippen LogP contribution in [-0.4, -0.2) is 55.0 Å². The Bertz CT molecular complexity index is 901. The number of carbonyl (C=O) groups is 3. The number of unbranched alkanes of at least 4 members (excludes halogenated alkanes) is 10. The van der Waals surface area contributed by atoms with E-state index in [1.165, 1.54) is 57.8 Å². The first-order valence-corrected chi connectivity index (χ1v) is 18.2. The van der Waals surface area contributed by atoms with Crippen molar-refractivity contribution in [2.24, 2.45) is 11.3 Å². The van der Waals surface area contributed by atoms with E-state index in [1.54, 1.807) is 13.8 Å². The van der Waals surface area contributed by atoms with E-state index in [0.717, 1.165) is 51.4 Å². The monoisotopic (exact) mass is 634 g/mol. The maximum Gasteiger partial charge on any atom is 0.307 e. The summed E-state index contributed by atoms with van der Waals surface area (Å²) in [4.78, 5) is 38.5. The van der Waals surface area contributed by atoms with Gasteiger partial charge in [-0.05, 0) is 65.2 Å². The molecule has 45 heavy (non-hydrogen) atoms. The number of rotatable bonds is 21. The molecule has 0 radical (unpaired) electrons. The van der Waals surface area contributed by atoms with Crippen LogP contribution in [0.4, 0.5) is 0 Å². The molecule has 1 aliphatic carbocycles. The van der Waals surface area contributed by atoms with Gasteiger partial charge >= 0.3 is 5.97 Å². The van der Waals surface area contributed by atoms with Crippen LogP contribution in [-0.2, 0) is 28.6 Å². The van der Waals surface area contributed by atoms with Crippen LogP contribution in [0.3, 0.4) is 0 Å². The molecule has 2 unspecified atom stereocenters. The molecule has 8 heteroatoms. The van der Waals surface area contributed by atoms with Crippen LogP contribution in [0, 0.1) is 11.3 Å². The average Bonchev–Trinajstić information content (AvgIpc) is 2.99. The van der Waals surface area contributed by atoms with Gasteiger partial charge in [0.15, 0.2) is 5.79 Å². The molecular weight excluding hydrogens is 568 g/mol. The molecule has 2 rings (SSSR count). The summed E-state index contributed by atoms with van der Waals surface area (Å²) in [5.74, 6) is -1.46. The van der Waals surface area contributed by atoms with Crippen molar-refractivity contribution < 1.29 is 28.6 Å². The molecule has 1 heterocycles. The summed E-state index contributed by atoms with van der Waals surface area (Å²) in [5.41, 5.74) is -0.477. The first-order valence-electron chi connectivity index (χ1n) is 18.2. The summed E-state index contributed by atoms with van der Waals surface area (Å²) in [6.07, 6.45) is 23.3. The molecule has 2 aliphatic rings. The van der Waals surface area contributed by atoms with E-state index in [1.807, 2.05) is 20.8 Å². The minimum atomic E-state index is -0.835. The quantitative estimate of drug-likeness (QED) is 0.0755.